The topological polar surface area (TPSA) is 43.2 Å². The lowest BCUT2D eigenvalue weighted by Gasteiger charge is -2.29. The van der Waals surface area contributed by atoms with Gasteiger partial charge >= 0.3 is 0 Å². The summed E-state index contributed by atoms with van der Waals surface area (Å²) >= 11 is 3.42. The largest absolute Gasteiger partial charge is 0.453 e. The molecule has 0 saturated heterocycles. The molecule has 70 heavy (non-hydrogen) atoms. The van der Waals surface area contributed by atoms with Crippen LogP contribution in [0.5, 0.6) is 23.0 Å². The van der Waals surface area contributed by atoms with Gasteiger partial charge in [0.2, 0.25) is 0 Å². The maximum atomic E-state index is 6.57. The Morgan fingerprint density at radius 2 is 0.786 bits per heavy atom. The molecule has 2 aliphatic carbocycles. The summed E-state index contributed by atoms with van der Waals surface area (Å²) in [5, 5.41) is 1.47. The molecule has 2 heterocycles. The van der Waals surface area contributed by atoms with Crippen molar-refractivity contribution in [1.82, 2.24) is 0 Å². The van der Waals surface area contributed by atoms with Crippen molar-refractivity contribution in [1.29, 1.82) is 0 Å². The van der Waals surface area contributed by atoms with Crippen LogP contribution in [0.1, 0.15) is 140 Å². The van der Waals surface area contributed by atoms with Crippen molar-refractivity contribution in [3.05, 3.63) is 167 Å². The van der Waals surface area contributed by atoms with E-state index in [0.29, 0.717) is 23.3 Å². The van der Waals surface area contributed by atoms with Crippen LogP contribution in [-0.2, 0) is 0 Å². The zero-order valence-corrected chi connectivity index (χ0v) is 42.6. The lowest BCUT2D eigenvalue weighted by molar-refractivity contribution is 0.303. The van der Waals surface area contributed by atoms with Gasteiger partial charge in [0.1, 0.15) is 22.1 Å². The average Bonchev–Trinajstić information content (AvgIpc) is 3.41. The number of hydrogen-bond donors (Lipinski definition) is 0. The Hall–Kier alpha value is -5.56. The number of benzene rings is 7. The van der Waals surface area contributed by atoms with Gasteiger partial charge in [0.15, 0.2) is 23.0 Å². The van der Waals surface area contributed by atoms with Gasteiger partial charge in [-0.05, 0) is 157 Å². The summed E-state index contributed by atoms with van der Waals surface area (Å²) < 4.78 is 13.1. The molecule has 6 heteroatoms. The van der Waals surface area contributed by atoms with Gasteiger partial charge in [-0.2, -0.15) is 0 Å². The second kappa shape index (κ2) is 21.8. The van der Waals surface area contributed by atoms with Gasteiger partial charge < -0.3 is 9.47 Å². The third-order valence-corrected chi connectivity index (χ3v) is 17.7. The van der Waals surface area contributed by atoms with E-state index in [4.69, 9.17) is 19.5 Å². The molecule has 0 N–H and O–H groups in total. The van der Waals surface area contributed by atoms with Crippen molar-refractivity contribution < 1.29 is 9.47 Å². The average molecular weight is 959 g/mol. The molecule has 4 aliphatic rings. The highest BCUT2D eigenvalue weighted by Crippen LogP contribution is 2.47. The Balaban J connectivity index is 0.735. The number of fused-ring (bicyclic) bond motifs is 4. The zero-order valence-electron chi connectivity index (χ0n) is 41.0. The first-order valence-corrected chi connectivity index (χ1v) is 28.2. The standard InChI is InChI=1S/C64H66N2O2S2/c1-3-5-7-11-43-17-21-45(22-18-43)47-25-29-49(30-26-47)51-33-37-53(38-34-51)69-61-15-9-13-57-63(61)65-55-41-60-56(42-59(55)67-57)66-64-58(68-60)14-10-16-62(64)70-54-39-35-52(36-40-54)50-31-27-48(28-32-50)46-23-19-44(20-24-46)12-8-6-4-2/h9-10,13-16,25-46H,3-8,11-12,17-24H2,1-2H3. The molecule has 0 bridgehead atoms. The van der Waals surface area contributed by atoms with Crippen molar-refractivity contribution in [2.75, 3.05) is 0 Å². The van der Waals surface area contributed by atoms with Crippen molar-refractivity contribution >= 4 is 34.9 Å². The van der Waals surface area contributed by atoms with E-state index in [1.54, 1.807) is 23.5 Å². The maximum Gasteiger partial charge on any atom is 0.155 e. The second-order valence-corrected chi connectivity index (χ2v) is 22.6. The lowest BCUT2D eigenvalue weighted by atomic mass is 9.77. The minimum atomic E-state index is 0.675. The molecule has 2 saturated carbocycles. The van der Waals surface area contributed by atoms with Crippen LogP contribution >= 0.6 is 23.5 Å². The minimum Gasteiger partial charge on any atom is -0.453 e. The van der Waals surface area contributed by atoms with Crippen LogP contribution in [0, 0.1) is 11.8 Å². The SMILES string of the molecule is CCCCCC1CCC(c2ccc(-c3ccc(Sc4cccc5c4N=c4cc6c(cc4O5)=Nc4c(cccc4Sc4ccc(-c5ccc(C7CCC(CCCCC)CC7)cc5)cc4)O6)cc3)cc2)CC1. The van der Waals surface area contributed by atoms with Gasteiger partial charge in [-0.1, -0.05) is 174 Å². The van der Waals surface area contributed by atoms with Crippen LogP contribution < -0.4 is 20.2 Å². The van der Waals surface area contributed by atoms with E-state index in [1.807, 2.05) is 36.4 Å². The first-order chi connectivity index (χ1) is 34.5. The van der Waals surface area contributed by atoms with Gasteiger partial charge in [-0.25, -0.2) is 9.98 Å². The molecular weight excluding hydrogens is 893 g/mol. The maximum absolute atomic E-state index is 6.57. The molecule has 2 aliphatic heterocycles. The molecule has 0 spiro atoms. The summed E-state index contributed by atoms with van der Waals surface area (Å²) in [5.41, 5.74) is 9.68. The van der Waals surface area contributed by atoms with E-state index in [-0.39, 0.29) is 0 Å². The molecule has 7 aromatic carbocycles. The van der Waals surface area contributed by atoms with E-state index in [0.717, 1.165) is 65.0 Å². The van der Waals surface area contributed by atoms with Crippen LogP contribution in [0.15, 0.2) is 175 Å². The Kier molecular flexibility index (Phi) is 14.6. The third-order valence-electron chi connectivity index (χ3n) is 15.6. The Bertz CT molecular complexity index is 2810. The summed E-state index contributed by atoms with van der Waals surface area (Å²) in [6.45, 7) is 4.61. The predicted molar refractivity (Wildman–Crippen MR) is 291 cm³/mol. The summed E-state index contributed by atoms with van der Waals surface area (Å²) in [6.07, 6.45) is 22.0. The number of rotatable bonds is 16. The lowest BCUT2D eigenvalue weighted by Crippen LogP contribution is -2.18. The molecule has 11 rings (SSSR count). The number of ether oxygens (including phenoxy) is 2. The quantitative estimate of drug-likeness (QED) is 0.0905. The van der Waals surface area contributed by atoms with E-state index in [2.05, 4.69) is 123 Å². The fourth-order valence-corrected chi connectivity index (χ4v) is 13.3. The summed E-state index contributed by atoms with van der Waals surface area (Å²) in [5.74, 6) is 6.12. The second-order valence-electron chi connectivity index (χ2n) is 20.3. The number of para-hydroxylation sites is 2. The van der Waals surface area contributed by atoms with Crippen LogP contribution in [-0.4, -0.2) is 0 Å². The monoisotopic (exact) mass is 958 g/mol. The van der Waals surface area contributed by atoms with Crippen molar-refractivity contribution in [2.24, 2.45) is 21.8 Å². The Labute approximate surface area is 424 Å². The molecule has 0 aromatic heterocycles. The van der Waals surface area contributed by atoms with E-state index in [1.165, 1.54) is 136 Å². The molecule has 0 amide bonds. The van der Waals surface area contributed by atoms with E-state index >= 15 is 0 Å². The molecule has 0 atom stereocenters. The smallest absolute Gasteiger partial charge is 0.155 e. The summed E-state index contributed by atoms with van der Waals surface area (Å²) in [7, 11) is 0. The normalized spacial score (nSPS) is 19.0. The molecular formula is C64H66N2O2S2. The minimum absolute atomic E-state index is 0.675. The van der Waals surface area contributed by atoms with Crippen LogP contribution in [0.2, 0.25) is 0 Å². The highest BCUT2D eigenvalue weighted by molar-refractivity contribution is 7.99. The third kappa shape index (κ3) is 10.7. The van der Waals surface area contributed by atoms with Crippen LogP contribution in [0.4, 0.5) is 11.4 Å². The predicted octanol–water partition coefficient (Wildman–Crippen LogP) is 19.1. The van der Waals surface area contributed by atoms with Crippen molar-refractivity contribution in [2.45, 2.75) is 148 Å². The molecule has 356 valence electrons. The van der Waals surface area contributed by atoms with Gasteiger partial charge in [0, 0.05) is 31.7 Å². The fraction of sp³-hybridized carbons (Fsp3) is 0.344. The zero-order chi connectivity index (χ0) is 47.2. The van der Waals surface area contributed by atoms with Crippen LogP contribution in [0.3, 0.4) is 0 Å². The fourth-order valence-electron chi connectivity index (χ4n) is 11.4. The summed E-state index contributed by atoms with van der Waals surface area (Å²) in [6, 6.07) is 52.9. The number of nitrogens with zero attached hydrogens (tertiary/aromatic N) is 2. The van der Waals surface area contributed by atoms with E-state index in [9.17, 15) is 0 Å². The van der Waals surface area contributed by atoms with Gasteiger partial charge in [-0.3, -0.25) is 0 Å². The first kappa shape index (κ1) is 46.8. The first-order valence-electron chi connectivity index (χ1n) is 26.5. The van der Waals surface area contributed by atoms with Gasteiger partial charge in [-0.15, -0.1) is 0 Å². The van der Waals surface area contributed by atoms with Crippen LogP contribution in [0.25, 0.3) is 22.3 Å². The Morgan fingerprint density at radius 1 is 0.414 bits per heavy atom. The molecule has 4 nitrogen and oxygen atoms in total. The molecule has 0 radical (unpaired) electrons. The summed E-state index contributed by atoms with van der Waals surface area (Å²) in [4.78, 5) is 14.7. The molecule has 7 aromatic rings. The van der Waals surface area contributed by atoms with Gasteiger partial charge in [0.25, 0.3) is 0 Å². The van der Waals surface area contributed by atoms with E-state index < -0.39 is 0 Å². The number of hydrogen-bond acceptors (Lipinski definition) is 6. The highest BCUT2D eigenvalue weighted by atomic mass is 32.2. The highest BCUT2D eigenvalue weighted by Gasteiger charge is 2.25. The molecule has 0 unspecified atom stereocenters. The number of unbranched alkanes of at least 4 members (excludes halogenated alkanes) is 4. The Morgan fingerprint density at radius 3 is 1.16 bits per heavy atom. The van der Waals surface area contributed by atoms with Crippen molar-refractivity contribution in [3.63, 3.8) is 0 Å². The molecule has 2 fully saturated rings. The van der Waals surface area contributed by atoms with Gasteiger partial charge in [0.05, 0.1) is 0 Å². The van der Waals surface area contributed by atoms with Crippen molar-refractivity contribution in [3.8, 4) is 45.3 Å².